The van der Waals surface area contributed by atoms with E-state index in [2.05, 4.69) is 5.32 Å². The third-order valence-corrected chi connectivity index (χ3v) is 6.11. The van der Waals surface area contributed by atoms with E-state index in [1.54, 1.807) is 36.4 Å². The summed E-state index contributed by atoms with van der Waals surface area (Å²) in [5, 5.41) is 12.3. The molecule has 0 saturated heterocycles. The summed E-state index contributed by atoms with van der Waals surface area (Å²) < 4.78 is 30.6. The maximum Gasteiger partial charge on any atom is 0.339 e. The number of carbonyl (C=O) groups is 1. The molecule has 0 aliphatic rings. The molecule has 0 saturated carbocycles. The van der Waals surface area contributed by atoms with E-state index < -0.39 is 16.0 Å². The first-order valence-electron chi connectivity index (χ1n) is 8.87. The van der Waals surface area contributed by atoms with Gasteiger partial charge in [0.2, 0.25) is 0 Å². The lowest BCUT2D eigenvalue weighted by Crippen LogP contribution is -2.14. The van der Waals surface area contributed by atoms with Gasteiger partial charge in [0.25, 0.3) is 5.91 Å². The van der Waals surface area contributed by atoms with Crippen molar-refractivity contribution in [3.8, 4) is 11.8 Å². The second-order valence-electron chi connectivity index (χ2n) is 6.26. The maximum absolute atomic E-state index is 12.7. The van der Waals surface area contributed by atoms with Gasteiger partial charge in [0, 0.05) is 10.6 Å². The molecule has 0 radical (unpaired) electrons. The van der Waals surface area contributed by atoms with Crippen LogP contribution >= 0.6 is 34.8 Å². The minimum Gasteiger partial charge on any atom is -0.377 e. The fourth-order valence-electron chi connectivity index (χ4n) is 2.58. The number of hydrogen-bond acceptors (Lipinski definition) is 5. The fourth-order valence-corrected chi connectivity index (χ4v) is 4.35. The van der Waals surface area contributed by atoms with Crippen molar-refractivity contribution in [3.63, 3.8) is 0 Å². The van der Waals surface area contributed by atoms with Crippen LogP contribution in [0.15, 0.2) is 77.2 Å². The van der Waals surface area contributed by atoms with E-state index in [-0.39, 0.29) is 36.8 Å². The van der Waals surface area contributed by atoms with Gasteiger partial charge in [-0.15, -0.1) is 0 Å². The second kappa shape index (κ2) is 10.1. The number of carbonyl (C=O) groups excluding carboxylic acids is 1. The third kappa shape index (κ3) is 5.61. The summed E-state index contributed by atoms with van der Waals surface area (Å²) in [5.74, 6) is -1.05. The van der Waals surface area contributed by atoms with Crippen LogP contribution in [0.3, 0.4) is 0 Å². The topological polar surface area (TPSA) is 96.3 Å². The van der Waals surface area contributed by atoms with E-state index in [9.17, 15) is 18.5 Å². The van der Waals surface area contributed by atoms with Gasteiger partial charge in [0.15, 0.2) is 5.75 Å². The van der Waals surface area contributed by atoms with Crippen molar-refractivity contribution in [2.24, 2.45) is 0 Å². The Morgan fingerprint density at radius 2 is 1.62 bits per heavy atom. The monoisotopic (exact) mass is 506 g/mol. The highest BCUT2D eigenvalue weighted by molar-refractivity contribution is 7.87. The molecule has 0 bridgehead atoms. The predicted molar refractivity (Wildman–Crippen MR) is 124 cm³/mol. The molecule has 10 heteroatoms. The predicted octanol–water partition coefficient (Wildman–Crippen LogP) is 5.96. The van der Waals surface area contributed by atoms with Gasteiger partial charge in [-0.25, -0.2) is 0 Å². The molecule has 0 spiro atoms. The highest BCUT2D eigenvalue weighted by atomic mass is 35.5. The van der Waals surface area contributed by atoms with Crippen LogP contribution in [-0.2, 0) is 14.9 Å². The number of anilines is 1. The summed E-state index contributed by atoms with van der Waals surface area (Å²) in [5.41, 5.74) is -0.0364. The minimum atomic E-state index is -4.25. The van der Waals surface area contributed by atoms with Gasteiger partial charge >= 0.3 is 10.1 Å². The smallest absolute Gasteiger partial charge is 0.339 e. The summed E-state index contributed by atoms with van der Waals surface area (Å²) in [6, 6.07) is 18.3. The zero-order valence-corrected chi connectivity index (χ0v) is 19.1. The Morgan fingerprint density at radius 3 is 2.28 bits per heavy atom. The van der Waals surface area contributed by atoms with E-state index in [1.807, 2.05) is 0 Å². The number of nitrogens with zero attached hydrogens (tertiary/aromatic N) is 1. The van der Waals surface area contributed by atoms with Gasteiger partial charge in [0.05, 0.1) is 15.7 Å². The zero-order chi connectivity index (χ0) is 23.3. The summed E-state index contributed by atoms with van der Waals surface area (Å²) in [6.07, 6.45) is 1.12. The van der Waals surface area contributed by atoms with E-state index in [1.165, 1.54) is 36.4 Å². The molecule has 6 nitrogen and oxygen atoms in total. The van der Waals surface area contributed by atoms with Crippen LogP contribution in [0.5, 0.6) is 5.75 Å². The molecule has 0 aliphatic heterocycles. The highest BCUT2D eigenvalue weighted by Gasteiger charge is 2.22. The summed E-state index contributed by atoms with van der Waals surface area (Å²) in [7, 11) is -4.25. The first kappa shape index (κ1) is 23.6. The highest BCUT2D eigenvalue weighted by Crippen LogP contribution is 2.36. The average Bonchev–Trinajstić information content (AvgIpc) is 2.76. The molecular weight excluding hydrogens is 495 g/mol. The molecule has 32 heavy (non-hydrogen) atoms. The Labute approximate surface area is 199 Å². The van der Waals surface area contributed by atoms with Crippen molar-refractivity contribution in [1.82, 2.24) is 0 Å². The molecule has 1 amide bonds. The molecule has 0 aliphatic carbocycles. The Kier molecular flexibility index (Phi) is 7.44. The van der Waals surface area contributed by atoms with Crippen LogP contribution in [0.2, 0.25) is 15.1 Å². The van der Waals surface area contributed by atoms with E-state index in [0.29, 0.717) is 5.69 Å². The van der Waals surface area contributed by atoms with E-state index in [0.717, 1.165) is 6.08 Å². The van der Waals surface area contributed by atoms with Gasteiger partial charge in [-0.3, -0.25) is 4.79 Å². The molecule has 0 aromatic heterocycles. The molecule has 3 aromatic rings. The van der Waals surface area contributed by atoms with Crippen LogP contribution in [0.25, 0.3) is 6.08 Å². The van der Waals surface area contributed by atoms with Gasteiger partial charge in [-0.2, -0.15) is 13.7 Å². The van der Waals surface area contributed by atoms with Crippen molar-refractivity contribution in [2.45, 2.75) is 4.90 Å². The quantitative estimate of drug-likeness (QED) is 0.252. The van der Waals surface area contributed by atoms with Crippen LogP contribution < -0.4 is 9.50 Å². The Morgan fingerprint density at radius 1 is 0.969 bits per heavy atom. The number of rotatable bonds is 6. The number of nitrogens with one attached hydrogen (secondary N) is 1. The Bertz CT molecular complexity index is 1350. The van der Waals surface area contributed by atoms with Gasteiger partial charge < -0.3 is 9.50 Å². The maximum atomic E-state index is 12.7. The summed E-state index contributed by atoms with van der Waals surface area (Å²) in [4.78, 5) is 12.5. The number of halogens is 3. The van der Waals surface area contributed by atoms with Crippen LogP contribution in [0.1, 0.15) is 5.56 Å². The SMILES string of the molecule is N#C/C(=C\c1cc(Cl)cc(Cl)c1OS(=O)(=O)c1ccccc1)C(=O)Nc1ccccc1Cl. The normalized spacial score (nSPS) is 11.5. The minimum absolute atomic E-state index is 0.0212. The molecule has 0 atom stereocenters. The van der Waals surface area contributed by atoms with Crippen LogP contribution in [-0.4, -0.2) is 14.3 Å². The summed E-state index contributed by atoms with van der Waals surface area (Å²) >= 11 is 18.3. The molecule has 3 rings (SSSR count). The van der Waals surface area contributed by atoms with E-state index >= 15 is 0 Å². The molecule has 1 N–H and O–H groups in total. The number of amides is 1. The van der Waals surface area contributed by atoms with Crippen LogP contribution in [0.4, 0.5) is 5.69 Å². The molecule has 0 heterocycles. The lowest BCUT2D eigenvalue weighted by Gasteiger charge is -2.12. The number of nitriles is 1. The standard InChI is InChI=1S/C22H13Cl3N2O4S/c23-16-11-14(10-15(13-26)22(28)27-20-9-5-4-8-18(20)24)21(19(25)12-16)31-32(29,30)17-6-2-1-3-7-17/h1-12H,(H,27,28)/b15-10+. The second-order valence-corrected chi connectivity index (χ2v) is 9.06. The van der Waals surface area contributed by atoms with Crippen molar-refractivity contribution in [2.75, 3.05) is 5.32 Å². The molecule has 0 fully saturated rings. The molecule has 0 unspecified atom stereocenters. The van der Waals surface area contributed by atoms with Gasteiger partial charge in [-0.1, -0.05) is 65.1 Å². The van der Waals surface area contributed by atoms with E-state index in [4.69, 9.17) is 39.0 Å². The van der Waals surface area contributed by atoms with Gasteiger partial charge in [0.1, 0.15) is 16.5 Å². The lowest BCUT2D eigenvalue weighted by atomic mass is 10.1. The largest absolute Gasteiger partial charge is 0.377 e. The lowest BCUT2D eigenvalue weighted by molar-refractivity contribution is -0.112. The number of benzene rings is 3. The number of para-hydroxylation sites is 1. The summed E-state index contributed by atoms with van der Waals surface area (Å²) in [6.45, 7) is 0. The Balaban J connectivity index is 2.01. The van der Waals surface area contributed by atoms with Crippen molar-refractivity contribution < 1.29 is 17.4 Å². The van der Waals surface area contributed by atoms with Crippen molar-refractivity contribution >= 4 is 62.6 Å². The first-order valence-corrected chi connectivity index (χ1v) is 11.4. The van der Waals surface area contributed by atoms with Crippen molar-refractivity contribution in [1.29, 1.82) is 5.26 Å². The number of hydrogen-bond donors (Lipinski definition) is 1. The molecule has 162 valence electrons. The third-order valence-electron chi connectivity index (χ3n) is 4.05. The first-order chi connectivity index (χ1) is 15.2. The van der Waals surface area contributed by atoms with Gasteiger partial charge in [-0.05, 0) is 42.5 Å². The molecule has 3 aromatic carbocycles. The fraction of sp³-hybridized carbons (Fsp3) is 0. The molecular formula is C22H13Cl3N2O4S. The zero-order valence-electron chi connectivity index (χ0n) is 16.1. The average molecular weight is 508 g/mol. The van der Waals surface area contributed by atoms with Crippen LogP contribution in [0, 0.1) is 11.3 Å². The van der Waals surface area contributed by atoms with Crippen molar-refractivity contribution in [3.05, 3.63) is 92.9 Å². The Hall–Kier alpha value is -3.02.